The Morgan fingerprint density at radius 1 is 1.14 bits per heavy atom. The van der Waals surface area contributed by atoms with Gasteiger partial charge in [0.15, 0.2) is 0 Å². The van der Waals surface area contributed by atoms with Crippen LogP contribution in [0.25, 0.3) is 10.6 Å². The predicted molar refractivity (Wildman–Crippen MR) is 116 cm³/mol. The lowest BCUT2D eigenvalue weighted by Gasteiger charge is -2.47. The van der Waals surface area contributed by atoms with Crippen molar-refractivity contribution in [1.82, 2.24) is 14.9 Å². The van der Waals surface area contributed by atoms with Gasteiger partial charge in [0.1, 0.15) is 15.5 Å². The molecule has 3 saturated heterocycles. The van der Waals surface area contributed by atoms with Crippen LogP contribution >= 0.6 is 11.3 Å². The number of pyridine rings is 1. The molecule has 4 nitrogen and oxygen atoms in total. The van der Waals surface area contributed by atoms with Crippen molar-refractivity contribution >= 4 is 11.3 Å². The van der Waals surface area contributed by atoms with Crippen LogP contribution in [0, 0.1) is 17.8 Å². The Morgan fingerprint density at radius 2 is 1.97 bits per heavy atom. The molecule has 1 atom stereocenters. The number of benzene rings is 1. The second-order valence-corrected chi connectivity index (χ2v) is 8.92. The van der Waals surface area contributed by atoms with Crippen LogP contribution in [0.5, 0.6) is 0 Å². The van der Waals surface area contributed by atoms with Gasteiger partial charge in [-0.3, -0.25) is 9.88 Å². The molecule has 146 valence electrons. The molecule has 3 aliphatic rings. The third-order valence-electron chi connectivity index (χ3n) is 5.94. The maximum atomic E-state index is 11.2. The SMILES string of the molecule is OC1(C#Cc2sc(-c3cccnc3)nc2Cc2ccccc2)CN2CCC1CC2. The molecule has 1 N–H and O–H groups in total. The number of nitrogens with zero attached hydrogens (tertiary/aromatic N) is 3. The molecule has 1 aromatic carbocycles. The van der Waals surface area contributed by atoms with Crippen LogP contribution < -0.4 is 0 Å². The average molecular weight is 402 g/mol. The molecule has 0 radical (unpaired) electrons. The van der Waals surface area contributed by atoms with Gasteiger partial charge in [-0.25, -0.2) is 4.98 Å². The van der Waals surface area contributed by atoms with Crippen LogP contribution in [0.2, 0.25) is 0 Å². The fourth-order valence-electron chi connectivity index (χ4n) is 4.32. The monoisotopic (exact) mass is 401 g/mol. The van der Waals surface area contributed by atoms with E-state index in [0.29, 0.717) is 6.54 Å². The average Bonchev–Trinajstić information content (AvgIpc) is 3.17. The fraction of sp³-hybridized carbons (Fsp3) is 0.333. The van der Waals surface area contributed by atoms with Crippen molar-refractivity contribution in [2.24, 2.45) is 5.92 Å². The number of aliphatic hydroxyl groups is 1. The van der Waals surface area contributed by atoms with Crippen molar-refractivity contribution in [2.75, 3.05) is 19.6 Å². The van der Waals surface area contributed by atoms with E-state index in [4.69, 9.17) is 4.98 Å². The Hall–Kier alpha value is -2.52. The Bertz CT molecular complexity index is 1050. The number of hydrogen-bond donors (Lipinski definition) is 1. The molecule has 5 heterocycles. The second-order valence-electron chi connectivity index (χ2n) is 7.92. The Balaban J connectivity index is 1.50. The van der Waals surface area contributed by atoms with Crippen LogP contribution in [-0.4, -0.2) is 45.2 Å². The summed E-state index contributed by atoms with van der Waals surface area (Å²) >= 11 is 1.59. The van der Waals surface area contributed by atoms with Crippen LogP contribution in [0.4, 0.5) is 0 Å². The molecule has 0 spiro atoms. The van der Waals surface area contributed by atoms with Gasteiger partial charge in [-0.1, -0.05) is 42.2 Å². The zero-order valence-corrected chi connectivity index (χ0v) is 17.0. The number of rotatable bonds is 3. The van der Waals surface area contributed by atoms with E-state index in [1.54, 1.807) is 17.5 Å². The number of piperidine rings is 3. The molecular formula is C24H23N3OS. The molecule has 0 aliphatic carbocycles. The predicted octanol–water partition coefficient (Wildman–Crippen LogP) is 3.60. The summed E-state index contributed by atoms with van der Waals surface area (Å²) in [5, 5.41) is 12.1. The van der Waals surface area contributed by atoms with E-state index in [1.165, 1.54) is 5.56 Å². The highest BCUT2D eigenvalue weighted by molar-refractivity contribution is 7.15. The standard InChI is InChI=1S/C24H23N3OS/c28-24(17-27-13-9-20(24)10-14-27)11-8-22-21(15-18-5-2-1-3-6-18)26-23(29-22)19-7-4-12-25-16-19/h1-7,12,16,20,28H,9-10,13-15,17H2. The minimum Gasteiger partial charge on any atom is -0.376 e. The highest BCUT2D eigenvalue weighted by atomic mass is 32.1. The minimum absolute atomic E-state index is 0.281. The van der Waals surface area contributed by atoms with Crippen molar-refractivity contribution in [3.8, 4) is 22.4 Å². The third kappa shape index (κ3) is 3.84. The van der Waals surface area contributed by atoms with Crippen LogP contribution in [-0.2, 0) is 6.42 Å². The lowest BCUT2D eigenvalue weighted by Crippen LogP contribution is -2.58. The van der Waals surface area contributed by atoms with Crippen molar-refractivity contribution < 1.29 is 5.11 Å². The summed E-state index contributed by atoms with van der Waals surface area (Å²) in [6.07, 6.45) is 6.40. The summed E-state index contributed by atoms with van der Waals surface area (Å²) in [7, 11) is 0. The molecule has 3 aliphatic heterocycles. The Kier molecular flexibility index (Phi) is 4.92. The first-order valence-corrected chi connectivity index (χ1v) is 10.9. The largest absolute Gasteiger partial charge is 0.376 e. The topological polar surface area (TPSA) is 49.3 Å². The normalized spacial score (nSPS) is 25.4. The molecule has 2 aromatic heterocycles. The van der Waals surface area contributed by atoms with Gasteiger partial charge in [-0.15, -0.1) is 11.3 Å². The van der Waals surface area contributed by atoms with Gasteiger partial charge in [0.2, 0.25) is 0 Å². The summed E-state index contributed by atoms with van der Waals surface area (Å²) < 4.78 is 0. The molecule has 1 unspecified atom stereocenters. The smallest absolute Gasteiger partial charge is 0.141 e. The highest BCUT2D eigenvalue weighted by Gasteiger charge is 2.44. The fourth-order valence-corrected chi connectivity index (χ4v) is 5.24. The quantitative estimate of drug-likeness (QED) is 0.682. The molecule has 3 fully saturated rings. The Morgan fingerprint density at radius 3 is 2.66 bits per heavy atom. The summed E-state index contributed by atoms with van der Waals surface area (Å²) in [5.74, 6) is 6.86. The van der Waals surface area contributed by atoms with Gasteiger partial charge in [0, 0.05) is 36.8 Å². The van der Waals surface area contributed by atoms with Crippen molar-refractivity contribution in [3.63, 3.8) is 0 Å². The van der Waals surface area contributed by atoms with Crippen LogP contribution in [0.3, 0.4) is 0 Å². The van der Waals surface area contributed by atoms with E-state index >= 15 is 0 Å². The summed E-state index contributed by atoms with van der Waals surface area (Å²) in [5.41, 5.74) is 2.28. The Labute approximate surface area is 175 Å². The molecule has 5 heteroatoms. The van der Waals surface area contributed by atoms with Gasteiger partial charge < -0.3 is 5.11 Å². The lowest BCUT2D eigenvalue weighted by atomic mass is 9.76. The number of thiazole rings is 1. The first kappa shape index (κ1) is 18.5. The van der Waals surface area contributed by atoms with Crippen molar-refractivity contribution in [3.05, 3.63) is 71.0 Å². The molecule has 29 heavy (non-hydrogen) atoms. The maximum Gasteiger partial charge on any atom is 0.141 e. The molecule has 0 amide bonds. The summed E-state index contributed by atoms with van der Waals surface area (Å²) in [6.45, 7) is 2.83. The van der Waals surface area contributed by atoms with Crippen molar-refractivity contribution in [2.45, 2.75) is 24.9 Å². The lowest BCUT2D eigenvalue weighted by molar-refractivity contribution is -0.0713. The molecule has 6 rings (SSSR count). The third-order valence-corrected chi connectivity index (χ3v) is 7.00. The number of hydrogen-bond acceptors (Lipinski definition) is 5. The van der Waals surface area contributed by atoms with E-state index in [0.717, 1.165) is 53.5 Å². The van der Waals surface area contributed by atoms with Crippen LogP contribution in [0.15, 0.2) is 54.9 Å². The van der Waals surface area contributed by atoms with E-state index in [2.05, 4.69) is 33.9 Å². The zero-order valence-electron chi connectivity index (χ0n) is 16.2. The molecular weight excluding hydrogens is 378 g/mol. The molecule has 0 saturated carbocycles. The number of fused-ring (bicyclic) bond motifs is 3. The molecule has 2 bridgehead atoms. The zero-order chi connectivity index (χ0) is 19.7. The number of aromatic nitrogens is 2. The van der Waals surface area contributed by atoms with E-state index in [1.807, 2.05) is 36.5 Å². The summed E-state index contributed by atoms with van der Waals surface area (Å²) in [6, 6.07) is 14.3. The van der Waals surface area contributed by atoms with Gasteiger partial charge in [-0.2, -0.15) is 0 Å². The van der Waals surface area contributed by atoms with Gasteiger partial charge >= 0.3 is 0 Å². The van der Waals surface area contributed by atoms with Gasteiger partial charge in [0.25, 0.3) is 0 Å². The summed E-state index contributed by atoms with van der Waals surface area (Å²) in [4.78, 5) is 12.4. The van der Waals surface area contributed by atoms with E-state index in [-0.39, 0.29) is 5.92 Å². The first-order valence-electron chi connectivity index (χ1n) is 10.1. The molecule has 3 aromatic rings. The van der Waals surface area contributed by atoms with E-state index < -0.39 is 5.60 Å². The highest BCUT2D eigenvalue weighted by Crippen LogP contribution is 2.35. The maximum absolute atomic E-state index is 11.2. The first-order chi connectivity index (χ1) is 14.2. The van der Waals surface area contributed by atoms with E-state index in [9.17, 15) is 5.11 Å². The second kappa shape index (κ2) is 7.72. The van der Waals surface area contributed by atoms with Gasteiger partial charge in [-0.05, 0) is 43.6 Å². The van der Waals surface area contributed by atoms with Crippen molar-refractivity contribution in [1.29, 1.82) is 0 Å². The van der Waals surface area contributed by atoms with Gasteiger partial charge in [0.05, 0.1) is 5.69 Å². The van der Waals surface area contributed by atoms with Crippen LogP contribution in [0.1, 0.15) is 29.0 Å². The minimum atomic E-state index is -0.904.